The number of likely N-dealkylation sites (tertiary alicyclic amines) is 1. The second kappa shape index (κ2) is 9.60. The lowest BCUT2D eigenvalue weighted by Gasteiger charge is -2.29. The van der Waals surface area contributed by atoms with Crippen molar-refractivity contribution in [3.8, 4) is 0 Å². The van der Waals surface area contributed by atoms with Gasteiger partial charge in [-0.2, -0.15) is 0 Å². The van der Waals surface area contributed by atoms with Crippen molar-refractivity contribution in [2.24, 2.45) is 5.92 Å². The van der Waals surface area contributed by atoms with Gasteiger partial charge in [0, 0.05) is 11.6 Å². The van der Waals surface area contributed by atoms with Crippen LogP contribution in [0.1, 0.15) is 32.3 Å². The molecular weight excluding hydrogens is 372 g/mol. The summed E-state index contributed by atoms with van der Waals surface area (Å²) in [4.78, 5) is 38.4. The number of halogens is 1. The minimum absolute atomic E-state index is 0.0660. The standard InChI is InChI=1S/C19H25ClN2O5/c1-12(2)16(17(23)22-10-4-5-15(22)18(24)26-3)21-19(25)27-11-13-6-8-14(20)9-7-13/h6-9,12,15-16H,4-5,10-11H2,1-3H3,(H,21,25)/t15-,16?/m0/s1. The van der Waals surface area contributed by atoms with Gasteiger partial charge in [0.1, 0.15) is 18.7 Å². The van der Waals surface area contributed by atoms with Crippen molar-refractivity contribution in [2.45, 2.75) is 45.4 Å². The highest BCUT2D eigenvalue weighted by molar-refractivity contribution is 6.30. The van der Waals surface area contributed by atoms with Gasteiger partial charge in [-0.25, -0.2) is 9.59 Å². The van der Waals surface area contributed by atoms with E-state index in [0.29, 0.717) is 18.0 Å². The number of hydrogen-bond acceptors (Lipinski definition) is 5. The molecule has 1 aliphatic rings. The molecule has 0 aromatic heterocycles. The molecule has 0 aliphatic carbocycles. The number of hydrogen-bond donors (Lipinski definition) is 1. The Hall–Kier alpha value is -2.28. The SMILES string of the molecule is COC(=O)[C@@H]1CCCN1C(=O)C(NC(=O)OCc1ccc(Cl)cc1)C(C)C. The van der Waals surface area contributed by atoms with Crippen molar-refractivity contribution >= 4 is 29.6 Å². The summed E-state index contributed by atoms with van der Waals surface area (Å²) in [6, 6.07) is 5.54. The Morgan fingerprint density at radius 2 is 1.93 bits per heavy atom. The number of carbonyl (C=O) groups excluding carboxylic acids is 3. The molecule has 1 heterocycles. The Labute approximate surface area is 163 Å². The van der Waals surface area contributed by atoms with Gasteiger partial charge in [-0.1, -0.05) is 37.6 Å². The summed E-state index contributed by atoms with van der Waals surface area (Å²) < 4.78 is 9.98. The Morgan fingerprint density at radius 3 is 2.52 bits per heavy atom. The summed E-state index contributed by atoms with van der Waals surface area (Å²) in [5.74, 6) is -0.908. The van der Waals surface area contributed by atoms with Gasteiger partial charge < -0.3 is 19.7 Å². The summed E-state index contributed by atoms with van der Waals surface area (Å²) in [6.07, 6.45) is 0.590. The highest BCUT2D eigenvalue weighted by Gasteiger charge is 2.39. The minimum atomic E-state index is -0.784. The maximum absolute atomic E-state index is 12.9. The zero-order chi connectivity index (χ0) is 20.0. The van der Waals surface area contributed by atoms with E-state index in [4.69, 9.17) is 21.1 Å². The molecule has 2 rings (SSSR count). The van der Waals surface area contributed by atoms with E-state index in [1.165, 1.54) is 12.0 Å². The molecule has 1 fully saturated rings. The number of rotatable bonds is 6. The third-order valence-corrected chi connectivity index (χ3v) is 4.75. The smallest absolute Gasteiger partial charge is 0.408 e. The molecule has 27 heavy (non-hydrogen) atoms. The van der Waals surface area contributed by atoms with E-state index in [-0.39, 0.29) is 18.4 Å². The molecule has 1 saturated heterocycles. The quantitative estimate of drug-likeness (QED) is 0.747. The van der Waals surface area contributed by atoms with Crippen LogP contribution in [0.2, 0.25) is 5.02 Å². The first-order valence-electron chi connectivity index (χ1n) is 8.89. The second-order valence-corrected chi connectivity index (χ2v) is 7.22. The lowest BCUT2D eigenvalue weighted by molar-refractivity contribution is -0.151. The zero-order valence-corrected chi connectivity index (χ0v) is 16.5. The lowest BCUT2D eigenvalue weighted by Crippen LogP contribution is -2.54. The molecule has 8 heteroatoms. The normalized spacial score (nSPS) is 17.5. The van der Waals surface area contributed by atoms with E-state index >= 15 is 0 Å². The molecule has 0 radical (unpaired) electrons. The summed E-state index contributed by atoms with van der Waals surface area (Å²) in [6.45, 7) is 4.18. The van der Waals surface area contributed by atoms with E-state index in [1.54, 1.807) is 24.3 Å². The van der Waals surface area contributed by atoms with Crippen LogP contribution in [0.4, 0.5) is 4.79 Å². The highest BCUT2D eigenvalue weighted by Crippen LogP contribution is 2.21. The maximum Gasteiger partial charge on any atom is 0.408 e. The first-order chi connectivity index (χ1) is 12.8. The Bertz CT molecular complexity index is 677. The molecule has 148 valence electrons. The van der Waals surface area contributed by atoms with Crippen LogP contribution in [-0.2, 0) is 25.7 Å². The Kier molecular flexibility index (Phi) is 7.47. The molecule has 0 spiro atoms. The van der Waals surface area contributed by atoms with Gasteiger partial charge in [0.25, 0.3) is 0 Å². The average molecular weight is 397 g/mol. The number of nitrogens with one attached hydrogen (secondary N) is 1. The number of amides is 2. The first kappa shape index (κ1) is 21.0. The minimum Gasteiger partial charge on any atom is -0.467 e. The zero-order valence-electron chi connectivity index (χ0n) is 15.7. The van der Waals surface area contributed by atoms with Gasteiger partial charge in [-0.05, 0) is 36.5 Å². The van der Waals surface area contributed by atoms with E-state index in [1.807, 2.05) is 13.8 Å². The van der Waals surface area contributed by atoms with Crippen LogP contribution in [0, 0.1) is 5.92 Å². The molecular formula is C19H25ClN2O5. The van der Waals surface area contributed by atoms with Crippen LogP contribution in [-0.4, -0.2) is 48.6 Å². The van der Waals surface area contributed by atoms with Gasteiger partial charge in [-0.3, -0.25) is 4.79 Å². The van der Waals surface area contributed by atoms with Gasteiger partial charge in [-0.15, -0.1) is 0 Å². The van der Waals surface area contributed by atoms with Crippen molar-refractivity contribution in [2.75, 3.05) is 13.7 Å². The van der Waals surface area contributed by atoms with Crippen LogP contribution in [0.3, 0.4) is 0 Å². The van der Waals surface area contributed by atoms with Crippen molar-refractivity contribution in [3.63, 3.8) is 0 Å². The predicted octanol–water partition coefficient (Wildman–Crippen LogP) is 2.75. The van der Waals surface area contributed by atoms with Gasteiger partial charge >= 0.3 is 12.1 Å². The van der Waals surface area contributed by atoms with Crippen molar-refractivity contribution in [3.05, 3.63) is 34.9 Å². The molecule has 7 nitrogen and oxygen atoms in total. The number of alkyl carbamates (subject to hydrolysis) is 1. The molecule has 1 aromatic carbocycles. The fourth-order valence-corrected chi connectivity index (χ4v) is 3.13. The van der Waals surface area contributed by atoms with E-state index in [0.717, 1.165) is 12.0 Å². The molecule has 0 saturated carbocycles. The molecule has 1 N–H and O–H groups in total. The number of ether oxygens (including phenoxy) is 2. The van der Waals surface area contributed by atoms with Crippen molar-refractivity contribution in [1.29, 1.82) is 0 Å². The number of benzene rings is 1. The molecule has 2 atom stereocenters. The molecule has 2 amide bonds. The summed E-state index contributed by atoms with van der Waals surface area (Å²) in [5, 5.41) is 3.22. The summed E-state index contributed by atoms with van der Waals surface area (Å²) in [5.41, 5.74) is 0.785. The summed E-state index contributed by atoms with van der Waals surface area (Å²) >= 11 is 5.82. The lowest BCUT2D eigenvalue weighted by atomic mass is 10.0. The second-order valence-electron chi connectivity index (χ2n) is 6.78. The third-order valence-electron chi connectivity index (χ3n) is 4.50. The van der Waals surface area contributed by atoms with Gasteiger partial charge in [0.05, 0.1) is 7.11 Å². The van der Waals surface area contributed by atoms with Crippen molar-refractivity contribution < 1.29 is 23.9 Å². The van der Waals surface area contributed by atoms with Crippen LogP contribution >= 0.6 is 11.6 Å². The predicted molar refractivity (Wildman–Crippen MR) is 100 cm³/mol. The monoisotopic (exact) mass is 396 g/mol. The number of methoxy groups -OCH3 is 1. The number of nitrogens with zero attached hydrogens (tertiary/aromatic N) is 1. The molecule has 1 aliphatic heterocycles. The molecule has 1 aromatic rings. The van der Waals surface area contributed by atoms with Crippen LogP contribution in [0.5, 0.6) is 0 Å². The van der Waals surface area contributed by atoms with Crippen molar-refractivity contribution in [1.82, 2.24) is 10.2 Å². The Morgan fingerprint density at radius 1 is 1.26 bits per heavy atom. The van der Waals surface area contributed by atoms with Crippen LogP contribution in [0.15, 0.2) is 24.3 Å². The third kappa shape index (κ3) is 5.60. The fraction of sp³-hybridized carbons (Fsp3) is 0.526. The van der Waals surface area contributed by atoms with Crippen LogP contribution in [0.25, 0.3) is 0 Å². The first-order valence-corrected chi connectivity index (χ1v) is 9.27. The topological polar surface area (TPSA) is 84.9 Å². The van der Waals surface area contributed by atoms with E-state index in [9.17, 15) is 14.4 Å². The fourth-order valence-electron chi connectivity index (χ4n) is 3.00. The maximum atomic E-state index is 12.9. The number of carbonyl (C=O) groups is 3. The van der Waals surface area contributed by atoms with Gasteiger partial charge in [0.2, 0.25) is 5.91 Å². The van der Waals surface area contributed by atoms with E-state index in [2.05, 4.69) is 5.32 Å². The van der Waals surface area contributed by atoms with Gasteiger partial charge in [0.15, 0.2) is 0 Å². The number of esters is 1. The van der Waals surface area contributed by atoms with E-state index < -0.39 is 24.1 Å². The Balaban J connectivity index is 1.97. The average Bonchev–Trinajstić information content (AvgIpc) is 3.14. The molecule has 1 unspecified atom stereocenters. The highest BCUT2D eigenvalue weighted by atomic mass is 35.5. The largest absolute Gasteiger partial charge is 0.467 e. The van der Waals surface area contributed by atoms with Crippen LogP contribution < -0.4 is 5.32 Å². The summed E-state index contributed by atoms with van der Waals surface area (Å²) in [7, 11) is 1.30. The molecule has 0 bridgehead atoms.